The summed E-state index contributed by atoms with van der Waals surface area (Å²) in [7, 11) is 2.20. The van der Waals surface area contributed by atoms with Gasteiger partial charge in [0, 0.05) is 28.5 Å². The van der Waals surface area contributed by atoms with Crippen LogP contribution in [0.2, 0.25) is 0 Å². The summed E-state index contributed by atoms with van der Waals surface area (Å²) in [6, 6.07) is 3.25. The van der Waals surface area contributed by atoms with E-state index in [9.17, 15) is 0 Å². The molecule has 0 amide bonds. The third-order valence-electron chi connectivity index (χ3n) is 3.70. The van der Waals surface area contributed by atoms with Crippen LogP contribution in [-0.4, -0.2) is 43.8 Å². The number of ether oxygens (including phenoxy) is 1. The van der Waals surface area contributed by atoms with Crippen molar-refractivity contribution < 1.29 is 4.74 Å². The molecule has 18 heavy (non-hydrogen) atoms. The molecule has 3 nitrogen and oxygen atoms in total. The summed E-state index contributed by atoms with van der Waals surface area (Å²) in [6.07, 6.45) is 2.92. The van der Waals surface area contributed by atoms with Crippen LogP contribution < -0.4 is 5.32 Å². The highest BCUT2D eigenvalue weighted by Crippen LogP contribution is 2.37. The van der Waals surface area contributed by atoms with E-state index < -0.39 is 0 Å². The van der Waals surface area contributed by atoms with Crippen LogP contribution in [0.15, 0.2) is 15.9 Å². The smallest absolute Gasteiger partial charge is 0.0904 e. The number of rotatable bonds is 4. The summed E-state index contributed by atoms with van der Waals surface area (Å²) in [5.41, 5.74) is 0. The minimum Gasteiger partial charge on any atom is -0.374 e. The number of halogens is 1. The lowest BCUT2D eigenvalue weighted by Crippen LogP contribution is -2.47. The van der Waals surface area contributed by atoms with Gasteiger partial charge in [-0.3, -0.25) is 4.90 Å². The van der Waals surface area contributed by atoms with Gasteiger partial charge in [-0.05, 0) is 47.3 Å². The molecule has 1 saturated carbocycles. The van der Waals surface area contributed by atoms with Gasteiger partial charge in [-0.15, -0.1) is 11.3 Å². The molecule has 0 radical (unpaired) electrons. The normalized spacial score (nSPS) is 29.7. The standard InChI is InChI=1S/C13H19BrN2OS/c1-16-5-6-17-11(8-15-9-2-3-9)12(16)13-10(14)4-7-18-13/h4,7,9,11-12,15H,2-3,5-6,8H2,1H3. The van der Waals surface area contributed by atoms with Crippen molar-refractivity contribution in [2.45, 2.75) is 31.0 Å². The van der Waals surface area contributed by atoms with Crippen molar-refractivity contribution in [3.05, 3.63) is 20.8 Å². The van der Waals surface area contributed by atoms with Gasteiger partial charge in [-0.1, -0.05) is 0 Å². The Morgan fingerprint density at radius 1 is 1.56 bits per heavy atom. The van der Waals surface area contributed by atoms with E-state index in [1.807, 2.05) is 11.3 Å². The summed E-state index contributed by atoms with van der Waals surface area (Å²) >= 11 is 5.47. The van der Waals surface area contributed by atoms with Gasteiger partial charge >= 0.3 is 0 Å². The second-order valence-electron chi connectivity index (χ2n) is 5.15. The zero-order chi connectivity index (χ0) is 12.5. The first-order valence-electron chi connectivity index (χ1n) is 6.54. The fraction of sp³-hybridized carbons (Fsp3) is 0.692. The highest BCUT2D eigenvalue weighted by atomic mass is 79.9. The number of nitrogens with one attached hydrogen (secondary N) is 1. The van der Waals surface area contributed by atoms with Crippen LogP contribution in [0.3, 0.4) is 0 Å². The monoisotopic (exact) mass is 330 g/mol. The van der Waals surface area contributed by atoms with Gasteiger partial charge in [0.15, 0.2) is 0 Å². The minimum atomic E-state index is 0.263. The van der Waals surface area contributed by atoms with Gasteiger partial charge in [-0.25, -0.2) is 0 Å². The topological polar surface area (TPSA) is 24.5 Å². The quantitative estimate of drug-likeness (QED) is 0.918. The van der Waals surface area contributed by atoms with E-state index in [4.69, 9.17) is 4.74 Å². The molecule has 1 saturated heterocycles. The van der Waals surface area contributed by atoms with Crippen LogP contribution in [0.25, 0.3) is 0 Å². The zero-order valence-electron chi connectivity index (χ0n) is 10.6. The van der Waals surface area contributed by atoms with Crippen LogP contribution in [0.5, 0.6) is 0 Å². The first-order chi connectivity index (χ1) is 8.75. The molecular formula is C13H19BrN2OS. The minimum absolute atomic E-state index is 0.263. The second kappa shape index (κ2) is 5.59. The van der Waals surface area contributed by atoms with Gasteiger partial charge in [-0.2, -0.15) is 0 Å². The average Bonchev–Trinajstić information content (AvgIpc) is 3.09. The molecule has 2 atom stereocenters. The molecule has 1 N–H and O–H groups in total. The molecule has 1 aromatic heterocycles. The van der Waals surface area contributed by atoms with Gasteiger partial charge in [0.2, 0.25) is 0 Å². The molecule has 2 unspecified atom stereocenters. The van der Waals surface area contributed by atoms with Gasteiger partial charge < -0.3 is 10.1 Å². The Kier molecular flexibility index (Phi) is 4.06. The average molecular weight is 331 g/mol. The maximum atomic E-state index is 6.00. The highest BCUT2D eigenvalue weighted by Gasteiger charge is 2.34. The Morgan fingerprint density at radius 2 is 2.39 bits per heavy atom. The maximum Gasteiger partial charge on any atom is 0.0904 e. The van der Waals surface area contributed by atoms with Crippen molar-refractivity contribution >= 4 is 27.3 Å². The third kappa shape index (κ3) is 2.80. The molecule has 1 aromatic rings. The predicted octanol–water partition coefficient (Wildman–Crippen LogP) is 2.63. The summed E-state index contributed by atoms with van der Waals surface area (Å²) in [5, 5.41) is 5.74. The Morgan fingerprint density at radius 3 is 3.06 bits per heavy atom. The van der Waals surface area contributed by atoms with Crippen molar-refractivity contribution in [3.63, 3.8) is 0 Å². The fourth-order valence-corrected chi connectivity index (χ4v) is 4.31. The summed E-state index contributed by atoms with van der Waals surface area (Å²) < 4.78 is 7.21. The number of hydrogen-bond acceptors (Lipinski definition) is 4. The Bertz CT molecular complexity index is 407. The highest BCUT2D eigenvalue weighted by molar-refractivity contribution is 9.10. The molecule has 100 valence electrons. The molecular weight excluding hydrogens is 312 g/mol. The van der Waals surface area contributed by atoms with Crippen LogP contribution >= 0.6 is 27.3 Å². The number of morpholine rings is 1. The Balaban J connectivity index is 1.74. The van der Waals surface area contributed by atoms with E-state index in [0.717, 1.165) is 25.7 Å². The van der Waals surface area contributed by atoms with E-state index in [1.54, 1.807) is 0 Å². The predicted molar refractivity (Wildman–Crippen MR) is 78.2 cm³/mol. The summed E-state index contributed by atoms with van der Waals surface area (Å²) in [5.74, 6) is 0. The fourth-order valence-electron chi connectivity index (χ4n) is 2.49. The number of likely N-dealkylation sites (N-methyl/N-ethyl adjacent to an activating group) is 1. The molecule has 0 spiro atoms. The molecule has 1 aliphatic carbocycles. The zero-order valence-corrected chi connectivity index (χ0v) is 13.0. The molecule has 2 heterocycles. The molecule has 1 aliphatic heterocycles. The number of nitrogens with zero attached hydrogens (tertiary/aromatic N) is 1. The van der Waals surface area contributed by atoms with Crippen LogP contribution in [0, 0.1) is 0 Å². The van der Waals surface area contributed by atoms with Crippen LogP contribution in [0.4, 0.5) is 0 Å². The van der Waals surface area contributed by atoms with Gasteiger partial charge in [0.1, 0.15) is 0 Å². The van der Waals surface area contributed by atoms with Gasteiger partial charge in [0.25, 0.3) is 0 Å². The Hall–Kier alpha value is 0.0600. The number of thiophene rings is 1. The first-order valence-corrected chi connectivity index (χ1v) is 8.21. The lowest BCUT2D eigenvalue weighted by Gasteiger charge is -2.39. The van der Waals surface area contributed by atoms with Crippen LogP contribution in [-0.2, 0) is 4.74 Å². The van der Waals surface area contributed by atoms with E-state index in [1.165, 1.54) is 22.2 Å². The van der Waals surface area contributed by atoms with Crippen molar-refractivity contribution in [1.82, 2.24) is 10.2 Å². The third-order valence-corrected chi connectivity index (χ3v) is 5.64. The molecule has 0 bridgehead atoms. The number of hydrogen-bond donors (Lipinski definition) is 1. The maximum absolute atomic E-state index is 6.00. The van der Waals surface area contributed by atoms with Crippen molar-refractivity contribution in [2.75, 3.05) is 26.7 Å². The lowest BCUT2D eigenvalue weighted by molar-refractivity contribution is -0.0605. The van der Waals surface area contributed by atoms with E-state index in [2.05, 4.69) is 44.6 Å². The lowest BCUT2D eigenvalue weighted by atomic mass is 10.1. The molecule has 5 heteroatoms. The largest absolute Gasteiger partial charge is 0.374 e. The Labute approximate surface area is 121 Å². The summed E-state index contributed by atoms with van der Waals surface area (Å²) in [6.45, 7) is 2.81. The van der Waals surface area contributed by atoms with Crippen molar-refractivity contribution in [2.24, 2.45) is 0 Å². The van der Waals surface area contributed by atoms with E-state index in [-0.39, 0.29) is 6.10 Å². The SMILES string of the molecule is CN1CCOC(CNC2CC2)C1c1sccc1Br. The second-order valence-corrected chi connectivity index (χ2v) is 6.95. The summed E-state index contributed by atoms with van der Waals surface area (Å²) in [4.78, 5) is 3.80. The van der Waals surface area contributed by atoms with Gasteiger partial charge in [0.05, 0.1) is 18.8 Å². The molecule has 2 fully saturated rings. The first kappa shape index (κ1) is 13.1. The van der Waals surface area contributed by atoms with Crippen LogP contribution in [0.1, 0.15) is 23.8 Å². The van der Waals surface area contributed by atoms with E-state index in [0.29, 0.717) is 6.04 Å². The molecule has 0 aromatic carbocycles. The molecule has 2 aliphatic rings. The van der Waals surface area contributed by atoms with Crippen molar-refractivity contribution in [3.8, 4) is 0 Å². The van der Waals surface area contributed by atoms with Crippen molar-refractivity contribution in [1.29, 1.82) is 0 Å². The molecule has 3 rings (SSSR count). The van der Waals surface area contributed by atoms with E-state index >= 15 is 0 Å².